The van der Waals surface area contributed by atoms with E-state index in [1.807, 2.05) is 0 Å². The third-order valence-corrected chi connectivity index (χ3v) is 10.8. The van der Waals surface area contributed by atoms with E-state index in [0.717, 1.165) is 38.5 Å². The lowest BCUT2D eigenvalue weighted by molar-refractivity contribution is -0.131. The Kier molecular flexibility index (Phi) is 5.03. The molecule has 5 fully saturated rings. The summed E-state index contributed by atoms with van der Waals surface area (Å²) in [6.45, 7) is 0. The first-order chi connectivity index (χ1) is 14.7. The highest BCUT2D eigenvalue weighted by molar-refractivity contribution is 9.10. The largest absolute Gasteiger partial charge is 0.369 e. The summed E-state index contributed by atoms with van der Waals surface area (Å²) in [7, 11) is -3.89. The standard InChI is InChI=1S/C22H28BrN3O4S/c23-16-5-1-2-6-17(16)31(29,30)26-22(7-3-4-8-22)20(28)25-18-14-9-13-10-15(18)21(11-13,12-14)19(24)27/h1-2,5-6,13-15,18,26H,3-4,7-12H2,(H2,24,27)(H,25,28). The van der Waals surface area contributed by atoms with Gasteiger partial charge in [0.05, 0.1) is 10.3 Å². The van der Waals surface area contributed by atoms with E-state index in [9.17, 15) is 18.0 Å². The van der Waals surface area contributed by atoms with Crippen molar-refractivity contribution in [3.05, 3.63) is 28.7 Å². The summed E-state index contributed by atoms with van der Waals surface area (Å²) in [5.41, 5.74) is 4.16. The number of nitrogens with one attached hydrogen (secondary N) is 2. The van der Waals surface area contributed by atoms with Gasteiger partial charge >= 0.3 is 0 Å². The third kappa shape index (κ3) is 3.26. The third-order valence-electron chi connectivity index (χ3n) is 8.29. The molecule has 0 spiro atoms. The van der Waals surface area contributed by atoms with Crippen molar-refractivity contribution in [1.82, 2.24) is 10.0 Å². The molecule has 5 atom stereocenters. The Bertz CT molecular complexity index is 1040. The van der Waals surface area contributed by atoms with Gasteiger partial charge in [0.1, 0.15) is 5.54 Å². The van der Waals surface area contributed by atoms with Crippen LogP contribution < -0.4 is 15.8 Å². The molecule has 0 heterocycles. The molecule has 5 aliphatic rings. The van der Waals surface area contributed by atoms with Crippen LogP contribution in [0, 0.1) is 23.2 Å². The fraction of sp³-hybridized carbons (Fsp3) is 0.636. The van der Waals surface area contributed by atoms with E-state index in [0.29, 0.717) is 23.2 Å². The Morgan fingerprint density at radius 1 is 1.10 bits per heavy atom. The SMILES string of the molecule is NC(=O)C12CC3CC(C1)C(NC(=O)C1(NS(=O)(=O)c4ccccc4Br)CCCC1)C2C3. The molecule has 0 saturated heterocycles. The zero-order valence-electron chi connectivity index (χ0n) is 17.3. The number of carbonyl (C=O) groups excluding carboxylic acids is 2. The number of hydrogen-bond donors (Lipinski definition) is 3. The Balaban J connectivity index is 1.40. The fourth-order valence-corrected chi connectivity index (χ4v) is 9.47. The summed E-state index contributed by atoms with van der Waals surface area (Å²) in [5, 5.41) is 3.20. The van der Waals surface area contributed by atoms with Gasteiger partial charge in [-0.05, 0) is 84.3 Å². The second-order valence-electron chi connectivity index (χ2n) is 9.96. The molecule has 0 aliphatic heterocycles. The minimum Gasteiger partial charge on any atom is -0.369 e. The van der Waals surface area contributed by atoms with Crippen molar-refractivity contribution in [2.24, 2.45) is 28.9 Å². The minimum atomic E-state index is -3.89. The maximum Gasteiger partial charge on any atom is 0.242 e. The van der Waals surface area contributed by atoms with Crippen molar-refractivity contribution >= 4 is 37.8 Å². The van der Waals surface area contributed by atoms with Gasteiger partial charge in [-0.15, -0.1) is 0 Å². The Morgan fingerprint density at radius 3 is 2.48 bits per heavy atom. The molecule has 5 unspecified atom stereocenters. The van der Waals surface area contributed by atoms with Crippen LogP contribution >= 0.6 is 15.9 Å². The summed E-state index contributed by atoms with van der Waals surface area (Å²) in [4.78, 5) is 26.0. The van der Waals surface area contributed by atoms with Crippen LogP contribution in [-0.2, 0) is 19.6 Å². The molecule has 1 aromatic carbocycles. The van der Waals surface area contributed by atoms with Crippen molar-refractivity contribution in [1.29, 1.82) is 0 Å². The lowest BCUT2D eigenvalue weighted by atomic mass is 9.75. The first kappa shape index (κ1) is 21.4. The van der Waals surface area contributed by atoms with E-state index in [-0.39, 0.29) is 34.6 Å². The van der Waals surface area contributed by atoms with Crippen LogP contribution in [0.15, 0.2) is 33.6 Å². The van der Waals surface area contributed by atoms with E-state index >= 15 is 0 Å². The van der Waals surface area contributed by atoms with E-state index < -0.39 is 21.0 Å². The highest BCUT2D eigenvalue weighted by atomic mass is 79.9. The van der Waals surface area contributed by atoms with Crippen LogP contribution in [0.4, 0.5) is 0 Å². The predicted octanol–water partition coefficient (Wildman–Crippen LogP) is 2.45. The van der Waals surface area contributed by atoms with Gasteiger partial charge in [0, 0.05) is 10.5 Å². The number of halogens is 1. The van der Waals surface area contributed by atoms with Crippen molar-refractivity contribution in [2.75, 3.05) is 0 Å². The minimum absolute atomic E-state index is 0.0658. The van der Waals surface area contributed by atoms with Crippen molar-refractivity contribution in [3.8, 4) is 0 Å². The van der Waals surface area contributed by atoms with Gasteiger partial charge < -0.3 is 11.1 Å². The molecule has 0 radical (unpaired) electrons. The smallest absolute Gasteiger partial charge is 0.242 e. The van der Waals surface area contributed by atoms with Crippen LogP contribution in [-0.4, -0.2) is 31.8 Å². The van der Waals surface area contributed by atoms with Gasteiger partial charge in [0.15, 0.2) is 0 Å². The summed E-state index contributed by atoms with van der Waals surface area (Å²) >= 11 is 3.31. The molecule has 5 saturated carbocycles. The Morgan fingerprint density at radius 2 is 1.81 bits per heavy atom. The number of sulfonamides is 1. The van der Waals surface area contributed by atoms with Crippen LogP contribution in [0.25, 0.3) is 0 Å². The van der Waals surface area contributed by atoms with Gasteiger partial charge in [0.2, 0.25) is 21.8 Å². The molecule has 168 valence electrons. The van der Waals surface area contributed by atoms with Crippen molar-refractivity contribution in [2.45, 2.75) is 67.8 Å². The van der Waals surface area contributed by atoms with Gasteiger partial charge in [-0.1, -0.05) is 25.0 Å². The van der Waals surface area contributed by atoms with E-state index in [1.54, 1.807) is 18.2 Å². The zero-order valence-corrected chi connectivity index (χ0v) is 19.7. The molecule has 9 heteroatoms. The van der Waals surface area contributed by atoms with Gasteiger partial charge in [-0.25, -0.2) is 8.42 Å². The van der Waals surface area contributed by atoms with E-state index in [1.165, 1.54) is 6.07 Å². The molecular formula is C22H28BrN3O4S. The number of primary amides is 1. The quantitative estimate of drug-likeness (QED) is 0.545. The first-order valence-electron chi connectivity index (χ1n) is 11.1. The first-order valence-corrected chi connectivity index (χ1v) is 13.3. The molecule has 6 rings (SSSR count). The number of rotatable bonds is 6. The number of carbonyl (C=O) groups is 2. The maximum absolute atomic E-state index is 13.6. The maximum atomic E-state index is 13.6. The van der Waals surface area contributed by atoms with Crippen molar-refractivity contribution in [3.63, 3.8) is 0 Å². The summed E-state index contributed by atoms with van der Waals surface area (Å²) < 4.78 is 29.6. The second-order valence-corrected chi connectivity index (χ2v) is 12.5. The zero-order chi connectivity index (χ0) is 22.0. The molecule has 2 amide bonds. The predicted molar refractivity (Wildman–Crippen MR) is 118 cm³/mol. The number of benzene rings is 1. The summed E-state index contributed by atoms with van der Waals surface area (Å²) in [6, 6.07) is 6.50. The topological polar surface area (TPSA) is 118 Å². The lowest BCUT2D eigenvalue weighted by Crippen LogP contribution is -2.60. The average molecular weight is 510 g/mol. The number of amides is 2. The normalized spacial score (nSPS) is 35.4. The Hall–Kier alpha value is -1.45. The van der Waals surface area contributed by atoms with E-state index in [4.69, 9.17) is 5.73 Å². The molecule has 5 aliphatic carbocycles. The van der Waals surface area contributed by atoms with Crippen LogP contribution in [0.2, 0.25) is 0 Å². The molecule has 0 aromatic heterocycles. The number of hydrogen-bond acceptors (Lipinski definition) is 4. The summed E-state index contributed by atoms with van der Waals surface area (Å²) in [6.07, 6.45) is 6.00. The van der Waals surface area contributed by atoms with Gasteiger partial charge in [-0.3, -0.25) is 9.59 Å². The molecular weight excluding hydrogens is 482 g/mol. The van der Waals surface area contributed by atoms with E-state index in [2.05, 4.69) is 26.0 Å². The Labute approximate surface area is 191 Å². The second kappa shape index (κ2) is 7.28. The fourth-order valence-electron chi connectivity index (χ4n) is 7.04. The molecule has 7 nitrogen and oxygen atoms in total. The highest BCUT2D eigenvalue weighted by Crippen LogP contribution is 2.65. The lowest BCUT2D eigenvalue weighted by Gasteiger charge is -2.36. The molecule has 1 aromatic rings. The molecule has 4 bridgehead atoms. The molecule has 31 heavy (non-hydrogen) atoms. The van der Waals surface area contributed by atoms with Crippen LogP contribution in [0.3, 0.4) is 0 Å². The average Bonchev–Trinajstić information content (AvgIpc) is 3.34. The monoisotopic (exact) mass is 509 g/mol. The molecule has 4 N–H and O–H groups in total. The van der Waals surface area contributed by atoms with Crippen molar-refractivity contribution < 1.29 is 18.0 Å². The van der Waals surface area contributed by atoms with Crippen LogP contribution in [0.5, 0.6) is 0 Å². The van der Waals surface area contributed by atoms with Gasteiger partial charge in [0.25, 0.3) is 0 Å². The highest BCUT2D eigenvalue weighted by Gasteiger charge is 2.66. The van der Waals surface area contributed by atoms with Crippen LogP contribution in [0.1, 0.15) is 51.4 Å². The van der Waals surface area contributed by atoms with Gasteiger partial charge in [-0.2, -0.15) is 4.72 Å². The summed E-state index contributed by atoms with van der Waals surface area (Å²) in [5.74, 6) is 0.315. The number of nitrogens with two attached hydrogens (primary N) is 1.